The highest BCUT2D eigenvalue weighted by atomic mass is 16.5. The molecule has 1 aromatic rings. The van der Waals surface area contributed by atoms with E-state index in [9.17, 15) is 14.4 Å². The van der Waals surface area contributed by atoms with Crippen molar-refractivity contribution in [3.8, 4) is 11.5 Å². The van der Waals surface area contributed by atoms with Crippen molar-refractivity contribution >= 4 is 24.1 Å². The fourth-order valence-electron chi connectivity index (χ4n) is 3.03. The number of ether oxygens (including phenoxy) is 2. The molecule has 2 saturated heterocycles. The van der Waals surface area contributed by atoms with Crippen LogP contribution in [0.25, 0.3) is 0 Å². The number of piperidine rings is 1. The van der Waals surface area contributed by atoms with Gasteiger partial charge in [0.15, 0.2) is 18.1 Å². The van der Waals surface area contributed by atoms with Crippen LogP contribution in [0.5, 0.6) is 11.5 Å². The highest BCUT2D eigenvalue weighted by Crippen LogP contribution is 2.28. The summed E-state index contributed by atoms with van der Waals surface area (Å²) in [6, 6.07) is 4.60. The van der Waals surface area contributed by atoms with Crippen molar-refractivity contribution in [1.82, 2.24) is 15.2 Å². The number of hydrogen-bond donors (Lipinski definition) is 1. The van der Waals surface area contributed by atoms with Crippen LogP contribution >= 0.6 is 0 Å². The Morgan fingerprint density at radius 2 is 1.96 bits per heavy atom. The van der Waals surface area contributed by atoms with Crippen LogP contribution in [0.3, 0.4) is 0 Å². The minimum Gasteiger partial charge on any atom is -0.490 e. The second-order valence-corrected chi connectivity index (χ2v) is 6.52. The lowest BCUT2D eigenvalue weighted by atomic mass is 10.1. The van der Waals surface area contributed by atoms with Gasteiger partial charge in [-0.05, 0) is 49.9 Å². The van der Waals surface area contributed by atoms with Crippen molar-refractivity contribution in [3.63, 3.8) is 0 Å². The molecule has 0 aliphatic carbocycles. The summed E-state index contributed by atoms with van der Waals surface area (Å²) in [5, 5.41) is 7.21. The predicted molar refractivity (Wildman–Crippen MR) is 101 cm³/mol. The summed E-state index contributed by atoms with van der Waals surface area (Å²) in [6.45, 7) is 3.70. The number of likely N-dealkylation sites (tertiary alicyclic amines) is 1. The van der Waals surface area contributed by atoms with Gasteiger partial charge in [0.2, 0.25) is 5.91 Å². The molecule has 0 saturated carbocycles. The molecule has 0 unspecified atom stereocenters. The van der Waals surface area contributed by atoms with E-state index in [1.165, 1.54) is 6.21 Å². The van der Waals surface area contributed by atoms with E-state index < -0.39 is 6.03 Å². The minimum absolute atomic E-state index is 0.0301. The minimum atomic E-state index is -0.553. The van der Waals surface area contributed by atoms with Gasteiger partial charge in [-0.2, -0.15) is 5.10 Å². The van der Waals surface area contributed by atoms with Crippen LogP contribution in [0.15, 0.2) is 23.3 Å². The first-order valence-electron chi connectivity index (χ1n) is 9.39. The van der Waals surface area contributed by atoms with E-state index in [1.807, 2.05) is 11.8 Å². The highest BCUT2D eigenvalue weighted by Gasteiger charge is 2.26. The summed E-state index contributed by atoms with van der Waals surface area (Å²) in [5.74, 6) is 0.537. The van der Waals surface area contributed by atoms with E-state index in [4.69, 9.17) is 9.47 Å². The van der Waals surface area contributed by atoms with Crippen molar-refractivity contribution in [2.24, 2.45) is 5.10 Å². The van der Waals surface area contributed by atoms with Gasteiger partial charge < -0.3 is 14.4 Å². The normalized spacial score (nSPS) is 17.2. The van der Waals surface area contributed by atoms with Gasteiger partial charge in [-0.1, -0.05) is 0 Å². The summed E-state index contributed by atoms with van der Waals surface area (Å²) in [7, 11) is 0. The first-order chi connectivity index (χ1) is 13.6. The number of amides is 4. The Morgan fingerprint density at radius 1 is 1.18 bits per heavy atom. The average Bonchev–Trinajstić information content (AvgIpc) is 3.03. The zero-order valence-electron chi connectivity index (χ0n) is 15.8. The number of nitrogens with zero attached hydrogens (tertiary/aromatic N) is 3. The van der Waals surface area contributed by atoms with Gasteiger partial charge in [0.25, 0.3) is 5.91 Å². The number of carbonyl (C=O) groups is 3. The molecule has 0 atom stereocenters. The SMILES string of the molecule is CCOc1cc(/C=N\N2CC(=O)NC2=O)ccc1OCC(=O)N1CCCCC1. The summed E-state index contributed by atoms with van der Waals surface area (Å²) in [6.07, 6.45) is 4.69. The lowest BCUT2D eigenvalue weighted by Crippen LogP contribution is -2.38. The molecule has 3 rings (SSSR count). The fourth-order valence-corrected chi connectivity index (χ4v) is 3.03. The molecule has 2 fully saturated rings. The molecule has 2 heterocycles. The molecule has 4 amide bonds. The van der Waals surface area contributed by atoms with Gasteiger partial charge in [0, 0.05) is 13.1 Å². The molecule has 1 N–H and O–H groups in total. The van der Waals surface area contributed by atoms with E-state index in [1.54, 1.807) is 18.2 Å². The third-order valence-corrected chi connectivity index (χ3v) is 4.45. The number of benzene rings is 1. The topological polar surface area (TPSA) is 101 Å². The number of hydrazone groups is 1. The maximum absolute atomic E-state index is 12.3. The van der Waals surface area contributed by atoms with Gasteiger partial charge in [-0.15, -0.1) is 0 Å². The van der Waals surface area contributed by atoms with E-state index in [0.29, 0.717) is 23.7 Å². The number of nitrogens with one attached hydrogen (secondary N) is 1. The lowest BCUT2D eigenvalue weighted by molar-refractivity contribution is -0.134. The molecule has 0 spiro atoms. The quantitative estimate of drug-likeness (QED) is 0.562. The maximum Gasteiger partial charge on any atom is 0.344 e. The standard InChI is InChI=1S/C19H24N4O5/c1-2-27-16-10-14(11-20-23-12-17(24)21-19(23)26)6-7-15(16)28-13-18(25)22-8-4-3-5-9-22/h6-7,10-11H,2-5,8-9,12-13H2,1H3,(H,21,24,26)/b20-11-. The second-order valence-electron chi connectivity index (χ2n) is 6.52. The van der Waals surface area contributed by atoms with Crippen molar-refractivity contribution in [1.29, 1.82) is 0 Å². The summed E-state index contributed by atoms with van der Waals surface area (Å²) >= 11 is 0. The van der Waals surface area contributed by atoms with Crippen LogP contribution < -0.4 is 14.8 Å². The highest BCUT2D eigenvalue weighted by molar-refractivity contribution is 6.02. The molecule has 9 nitrogen and oxygen atoms in total. The molecule has 9 heteroatoms. The Balaban J connectivity index is 1.64. The molecule has 2 aliphatic rings. The Labute approximate surface area is 163 Å². The number of urea groups is 1. The third kappa shape index (κ3) is 4.99. The molecule has 150 valence electrons. The van der Waals surface area contributed by atoms with Crippen LogP contribution in [-0.2, 0) is 9.59 Å². The Hall–Kier alpha value is -3.10. The molecule has 2 aliphatic heterocycles. The van der Waals surface area contributed by atoms with Crippen LogP contribution in [0.2, 0.25) is 0 Å². The van der Waals surface area contributed by atoms with Gasteiger partial charge in [0.1, 0.15) is 6.54 Å². The second kappa shape index (κ2) is 9.20. The van der Waals surface area contributed by atoms with Gasteiger partial charge in [0.05, 0.1) is 12.8 Å². The smallest absolute Gasteiger partial charge is 0.344 e. The first-order valence-corrected chi connectivity index (χ1v) is 9.39. The van der Waals surface area contributed by atoms with Gasteiger partial charge >= 0.3 is 6.03 Å². The summed E-state index contributed by atoms with van der Waals surface area (Å²) in [5.41, 5.74) is 0.672. The Kier molecular flexibility index (Phi) is 6.46. The van der Waals surface area contributed by atoms with Crippen LogP contribution in [0.1, 0.15) is 31.7 Å². The zero-order chi connectivity index (χ0) is 19.9. The first kappa shape index (κ1) is 19.7. The summed E-state index contributed by atoms with van der Waals surface area (Å²) in [4.78, 5) is 36.8. The largest absolute Gasteiger partial charge is 0.490 e. The predicted octanol–water partition coefficient (Wildman–Crippen LogP) is 1.36. The van der Waals surface area contributed by atoms with E-state index >= 15 is 0 Å². The van der Waals surface area contributed by atoms with E-state index in [0.717, 1.165) is 37.4 Å². The lowest BCUT2D eigenvalue weighted by Gasteiger charge is -2.26. The van der Waals surface area contributed by atoms with Gasteiger partial charge in [-0.3, -0.25) is 14.9 Å². The Bertz CT molecular complexity index is 774. The number of imide groups is 1. The molecule has 0 aromatic heterocycles. The fraction of sp³-hybridized carbons (Fsp3) is 0.474. The van der Waals surface area contributed by atoms with Crippen LogP contribution in [0.4, 0.5) is 4.79 Å². The number of rotatable bonds is 7. The summed E-state index contributed by atoms with van der Waals surface area (Å²) < 4.78 is 11.3. The average molecular weight is 388 g/mol. The molecule has 1 aromatic carbocycles. The van der Waals surface area contributed by atoms with E-state index in [-0.39, 0.29) is 25.0 Å². The molecule has 0 bridgehead atoms. The monoisotopic (exact) mass is 388 g/mol. The molecular formula is C19H24N4O5. The third-order valence-electron chi connectivity index (χ3n) is 4.45. The van der Waals surface area contributed by atoms with Gasteiger partial charge in [-0.25, -0.2) is 9.80 Å². The Morgan fingerprint density at radius 3 is 2.64 bits per heavy atom. The van der Waals surface area contributed by atoms with E-state index in [2.05, 4.69) is 10.4 Å². The maximum atomic E-state index is 12.3. The molecule has 0 radical (unpaired) electrons. The van der Waals surface area contributed by atoms with Crippen LogP contribution in [-0.4, -0.2) is 66.8 Å². The van der Waals surface area contributed by atoms with Crippen molar-refractivity contribution in [2.75, 3.05) is 32.8 Å². The molecular weight excluding hydrogens is 364 g/mol. The van der Waals surface area contributed by atoms with Crippen molar-refractivity contribution in [2.45, 2.75) is 26.2 Å². The number of carbonyl (C=O) groups excluding carboxylic acids is 3. The van der Waals surface area contributed by atoms with Crippen LogP contribution in [0, 0.1) is 0 Å². The molecule has 28 heavy (non-hydrogen) atoms. The van der Waals surface area contributed by atoms with Crippen molar-refractivity contribution < 1.29 is 23.9 Å². The zero-order valence-corrected chi connectivity index (χ0v) is 15.8. The number of hydrogen-bond acceptors (Lipinski definition) is 6. The van der Waals surface area contributed by atoms with Crippen molar-refractivity contribution in [3.05, 3.63) is 23.8 Å².